The molecule has 1 aromatic heterocycles. The van der Waals surface area contributed by atoms with Gasteiger partial charge in [0.1, 0.15) is 0 Å². The number of carbonyl (C=O) groups is 1. The SMILES string of the molecule is CN(C)c1ccncc1.[N-]=[N+]=NCCC(=O)O. The molecule has 0 aliphatic carbocycles. The van der Waals surface area contributed by atoms with Gasteiger partial charge >= 0.3 is 5.97 Å². The Bertz CT molecular complexity index is 372. The minimum Gasteiger partial charge on any atom is -0.481 e. The van der Waals surface area contributed by atoms with Gasteiger partial charge in [-0.3, -0.25) is 9.78 Å². The van der Waals surface area contributed by atoms with E-state index < -0.39 is 5.97 Å². The van der Waals surface area contributed by atoms with Crippen molar-refractivity contribution in [3.63, 3.8) is 0 Å². The van der Waals surface area contributed by atoms with Gasteiger partial charge in [0.15, 0.2) is 0 Å². The molecule has 0 aliphatic rings. The molecular weight excluding hydrogens is 222 g/mol. The third-order valence-electron chi connectivity index (χ3n) is 1.67. The molecule has 0 bridgehead atoms. The number of anilines is 1. The molecule has 0 aliphatic heterocycles. The highest BCUT2D eigenvalue weighted by Gasteiger charge is 1.90. The van der Waals surface area contributed by atoms with Crippen molar-refractivity contribution in [2.75, 3.05) is 25.5 Å². The van der Waals surface area contributed by atoms with Crippen LogP contribution in [0.15, 0.2) is 29.6 Å². The van der Waals surface area contributed by atoms with E-state index in [1.54, 1.807) is 12.4 Å². The zero-order valence-electron chi connectivity index (χ0n) is 9.82. The van der Waals surface area contributed by atoms with Crippen molar-refractivity contribution in [2.24, 2.45) is 5.11 Å². The molecule has 1 N–H and O–H groups in total. The van der Waals surface area contributed by atoms with Gasteiger partial charge in [-0.1, -0.05) is 5.11 Å². The summed E-state index contributed by atoms with van der Waals surface area (Å²) in [5, 5.41) is 11.0. The Morgan fingerprint density at radius 1 is 1.53 bits per heavy atom. The molecule has 0 radical (unpaired) electrons. The molecule has 7 heteroatoms. The lowest BCUT2D eigenvalue weighted by molar-refractivity contribution is -0.136. The Balaban J connectivity index is 0.000000304. The number of pyridine rings is 1. The number of rotatable bonds is 4. The largest absolute Gasteiger partial charge is 0.481 e. The number of hydrogen-bond acceptors (Lipinski definition) is 4. The van der Waals surface area contributed by atoms with E-state index in [0.717, 1.165) is 0 Å². The molecule has 1 heterocycles. The predicted octanol–water partition coefficient (Wildman–Crippen LogP) is 1.92. The average molecular weight is 237 g/mol. The first-order valence-corrected chi connectivity index (χ1v) is 4.88. The lowest BCUT2D eigenvalue weighted by Crippen LogP contribution is -2.07. The lowest BCUT2D eigenvalue weighted by Gasteiger charge is -2.10. The number of nitrogens with zero attached hydrogens (tertiary/aromatic N) is 5. The van der Waals surface area contributed by atoms with Crippen LogP contribution in [0.4, 0.5) is 5.69 Å². The highest BCUT2D eigenvalue weighted by Crippen LogP contribution is 2.05. The first-order chi connectivity index (χ1) is 8.07. The predicted molar refractivity (Wildman–Crippen MR) is 64.8 cm³/mol. The Kier molecular flexibility index (Phi) is 7.79. The average Bonchev–Trinajstić information content (AvgIpc) is 2.31. The number of hydrogen-bond donors (Lipinski definition) is 1. The number of carboxylic acid groups (broad SMARTS) is 1. The van der Waals surface area contributed by atoms with E-state index in [0.29, 0.717) is 0 Å². The molecule has 0 saturated heterocycles. The summed E-state index contributed by atoms with van der Waals surface area (Å²) in [6.45, 7) is 0.0336. The fourth-order valence-electron chi connectivity index (χ4n) is 0.833. The Morgan fingerprint density at radius 3 is 2.47 bits per heavy atom. The summed E-state index contributed by atoms with van der Waals surface area (Å²) in [6, 6.07) is 3.94. The van der Waals surface area contributed by atoms with Crippen molar-refractivity contribution in [3.05, 3.63) is 35.0 Å². The highest BCUT2D eigenvalue weighted by atomic mass is 16.4. The molecule has 0 amide bonds. The van der Waals surface area contributed by atoms with E-state index in [2.05, 4.69) is 15.0 Å². The fourth-order valence-corrected chi connectivity index (χ4v) is 0.833. The Morgan fingerprint density at radius 2 is 2.12 bits per heavy atom. The summed E-state index contributed by atoms with van der Waals surface area (Å²) >= 11 is 0. The first-order valence-electron chi connectivity index (χ1n) is 4.88. The molecule has 0 atom stereocenters. The maximum Gasteiger partial charge on any atom is 0.303 e. The van der Waals surface area contributed by atoms with Crippen LogP contribution in [0.5, 0.6) is 0 Å². The second-order valence-electron chi connectivity index (χ2n) is 3.20. The van der Waals surface area contributed by atoms with Gasteiger partial charge < -0.3 is 10.0 Å². The van der Waals surface area contributed by atoms with Gasteiger partial charge in [0.25, 0.3) is 0 Å². The second-order valence-corrected chi connectivity index (χ2v) is 3.20. The summed E-state index contributed by atoms with van der Waals surface area (Å²) in [7, 11) is 4.02. The standard InChI is InChI=1S/C7H10N2.C3H5N3O2/c1-9(2)7-3-5-8-6-4-7;4-6-5-2-1-3(7)8/h3-6H,1-2H3;1-2H2,(H,7,8). The van der Waals surface area contributed by atoms with Gasteiger partial charge in [0, 0.05) is 43.6 Å². The van der Waals surface area contributed by atoms with Crippen LogP contribution >= 0.6 is 0 Å². The molecular formula is C10H15N5O2. The third kappa shape index (κ3) is 8.71. The van der Waals surface area contributed by atoms with Crippen molar-refractivity contribution in [1.29, 1.82) is 0 Å². The van der Waals surface area contributed by atoms with E-state index >= 15 is 0 Å². The summed E-state index contributed by atoms with van der Waals surface area (Å²) in [6.07, 6.45) is 3.48. The number of azide groups is 1. The van der Waals surface area contributed by atoms with Crippen LogP contribution < -0.4 is 4.90 Å². The van der Waals surface area contributed by atoms with E-state index in [4.69, 9.17) is 10.6 Å². The summed E-state index contributed by atoms with van der Waals surface area (Å²) in [4.78, 5) is 18.0. The molecule has 1 rings (SSSR count). The number of carboxylic acids is 1. The lowest BCUT2D eigenvalue weighted by atomic mass is 10.4. The van der Waals surface area contributed by atoms with Crippen LogP contribution in [-0.2, 0) is 4.79 Å². The minimum atomic E-state index is -0.947. The summed E-state index contributed by atoms with van der Waals surface area (Å²) < 4.78 is 0. The van der Waals surface area contributed by atoms with Crippen molar-refractivity contribution in [2.45, 2.75) is 6.42 Å². The molecule has 0 aromatic carbocycles. The van der Waals surface area contributed by atoms with Crippen molar-refractivity contribution < 1.29 is 9.90 Å². The minimum absolute atomic E-state index is 0.0336. The van der Waals surface area contributed by atoms with Crippen molar-refractivity contribution in [3.8, 4) is 0 Å². The normalized spacial score (nSPS) is 8.35. The smallest absolute Gasteiger partial charge is 0.303 e. The number of aromatic nitrogens is 1. The zero-order valence-corrected chi connectivity index (χ0v) is 9.82. The maximum absolute atomic E-state index is 9.69. The summed E-state index contributed by atoms with van der Waals surface area (Å²) in [5.41, 5.74) is 8.83. The maximum atomic E-state index is 9.69. The van der Waals surface area contributed by atoms with Crippen molar-refractivity contribution >= 4 is 11.7 Å². The topological polar surface area (TPSA) is 102 Å². The van der Waals surface area contributed by atoms with Crippen LogP contribution in [0.2, 0.25) is 0 Å². The van der Waals surface area contributed by atoms with E-state index in [-0.39, 0.29) is 13.0 Å². The molecule has 0 fully saturated rings. The second kappa shape index (κ2) is 8.99. The highest BCUT2D eigenvalue weighted by molar-refractivity contribution is 5.66. The number of aliphatic carboxylic acids is 1. The van der Waals surface area contributed by atoms with Gasteiger partial charge in [-0.25, -0.2) is 0 Å². The van der Waals surface area contributed by atoms with Crippen LogP contribution in [-0.4, -0.2) is 36.7 Å². The first kappa shape index (κ1) is 14.7. The molecule has 17 heavy (non-hydrogen) atoms. The molecule has 92 valence electrons. The van der Waals surface area contributed by atoms with Crippen LogP contribution in [0.25, 0.3) is 10.4 Å². The third-order valence-corrected chi connectivity index (χ3v) is 1.67. The quantitative estimate of drug-likeness (QED) is 0.490. The summed E-state index contributed by atoms with van der Waals surface area (Å²) in [5.74, 6) is -0.947. The Hall–Kier alpha value is -2.27. The van der Waals surface area contributed by atoms with Crippen LogP contribution in [0.1, 0.15) is 6.42 Å². The van der Waals surface area contributed by atoms with Gasteiger partial charge in [-0.2, -0.15) is 0 Å². The molecule has 1 aromatic rings. The molecule has 0 saturated carbocycles. The van der Waals surface area contributed by atoms with Crippen molar-refractivity contribution in [1.82, 2.24) is 4.98 Å². The van der Waals surface area contributed by atoms with Gasteiger partial charge in [0.05, 0.1) is 6.42 Å². The monoisotopic (exact) mass is 237 g/mol. The molecule has 0 spiro atoms. The van der Waals surface area contributed by atoms with E-state index in [1.165, 1.54) is 5.69 Å². The van der Waals surface area contributed by atoms with Gasteiger partial charge in [-0.05, 0) is 17.7 Å². The zero-order chi connectivity index (χ0) is 13.1. The van der Waals surface area contributed by atoms with Crippen LogP contribution in [0.3, 0.4) is 0 Å². The van der Waals surface area contributed by atoms with E-state index in [9.17, 15) is 4.79 Å². The Labute approximate surface area is 99.3 Å². The van der Waals surface area contributed by atoms with Gasteiger partial charge in [-0.15, -0.1) is 0 Å². The van der Waals surface area contributed by atoms with E-state index in [1.807, 2.05) is 31.1 Å². The molecule has 7 nitrogen and oxygen atoms in total. The fraction of sp³-hybridized carbons (Fsp3) is 0.400. The van der Waals surface area contributed by atoms with Gasteiger partial charge in [0.2, 0.25) is 0 Å². The molecule has 0 unspecified atom stereocenters. The van der Waals surface area contributed by atoms with Crippen LogP contribution in [0, 0.1) is 0 Å².